The second-order valence-electron chi connectivity index (χ2n) is 3.15. The first kappa shape index (κ1) is 10.3. The van der Waals surface area contributed by atoms with Gasteiger partial charge in [0, 0.05) is 0 Å². The molecule has 2 rings (SSSR count). The summed E-state index contributed by atoms with van der Waals surface area (Å²) in [7, 11) is 0. The number of hydrogen-bond donors (Lipinski definition) is 2. The van der Waals surface area contributed by atoms with Crippen LogP contribution in [0.2, 0.25) is 0 Å². The van der Waals surface area contributed by atoms with E-state index in [1.807, 2.05) is 0 Å². The molecule has 1 aliphatic heterocycles. The largest absolute Gasteiger partial charge is 0.481 e. The summed E-state index contributed by atoms with van der Waals surface area (Å²) in [6, 6.07) is 0. The van der Waals surface area contributed by atoms with Crippen LogP contribution in [0.5, 0.6) is 11.5 Å². The third-order valence-electron chi connectivity index (χ3n) is 1.99. The molecule has 0 amide bonds. The van der Waals surface area contributed by atoms with Crippen LogP contribution < -0.4 is 9.47 Å². The molecular formula is C9H8O7. The highest BCUT2D eigenvalue weighted by Gasteiger charge is 2.29. The van der Waals surface area contributed by atoms with Gasteiger partial charge in [-0.2, -0.15) is 0 Å². The maximum Gasteiger partial charge on any atom is 0.311 e. The molecule has 1 aliphatic rings. The lowest BCUT2D eigenvalue weighted by Gasteiger charge is -1.97. The van der Waals surface area contributed by atoms with Gasteiger partial charge in [0.15, 0.2) is 11.5 Å². The van der Waals surface area contributed by atoms with Crippen LogP contribution in [0.3, 0.4) is 0 Å². The van der Waals surface area contributed by atoms with E-state index in [2.05, 4.69) is 0 Å². The van der Waals surface area contributed by atoms with Gasteiger partial charge < -0.3 is 24.1 Å². The highest BCUT2D eigenvalue weighted by molar-refractivity contribution is 5.73. The second kappa shape index (κ2) is 3.76. The lowest BCUT2D eigenvalue weighted by Crippen LogP contribution is -2.03. The molecule has 7 heteroatoms. The quantitative estimate of drug-likeness (QED) is 0.761. The molecule has 0 radical (unpaired) electrons. The highest BCUT2D eigenvalue weighted by Crippen LogP contribution is 2.42. The van der Waals surface area contributed by atoms with Gasteiger partial charge in [-0.05, 0) is 0 Å². The first-order chi connectivity index (χ1) is 7.58. The maximum atomic E-state index is 10.5. The van der Waals surface area contributed by atoms with E-state index >= 15 is 0 Å². The number of furan rings is 1. The predicted molar refractivity (Wildman–Crippen MR) is 47.5 cm³/mol. The summed E-state index contributed by atoms with van der Waals surface area (Å²) < 4.78 is 15.1. The topological polar surface area (TPSA) is 106 Å². The van der Waals surface area contributed by atoms with Crippen molar-refractivity contribution in [3.05, 3.63) is 11.5 Å². The fourth-order valence-corrected chi connectivity index (χ4v) is 1.44. The van der Waals surface area contributed by atoms with Crippen molar-refractivity contribution in [3.8, 4) is 11.5 Å². The lowest BCUT2D eigenvalue weighted by atomic mass is 10.2. The summed E-state index contributed by atoms with van der Waals surface area (Å²) in [6.45, 7) is -0.0553. The van der Waals surface area contributed by atoms with Gasteiger partial charge in [0.05, 0.1) is 0 Å². The summed E-state index contributed by atoms with van der Waals surface area (Å²) in [4.78, 5) is 21.1. The van der Waals surface area contributed by atoms with Crippen LogP contribution in [0.4, 0.5) is 0 Å². The van der Waals surface area contributed by atoms with E-state index in [4.69, 9.17) is 24.1 Å². The Balaban J connectivity index is 2.33. The number of rotatable bonds is 4. The van der Waals surface area contributed by atoms with Crippen molar-refractivity contribution in [2.45, 2.75) is 12.8 Å². The normalized spacial score (nSPS) is 12.8. The fraction of sp³-hybridized carbons (Fsp3) is 0.333. The first-order valence-corrected chi connectivity index (χ1v) is 4.41. The van der Waals surface area contributed by atoms with Crippen LogP contribution in [0.25, 0.3) is 0 Å². The molecule has 0 aliphatic carbocycles. The van der Waals surface area contributed by atoms with Crippen molar-refractivity contribution < 1.29 is 33.7 Å². The van der Waals surface area contributed by atoms with Gasteiger partial charge in [-0.1, -0.05) is 0 Å². The number of carboxylic acids is 2. The van der Waals surface area contributed by atoms with E-state index < -0.39 is 11.9 Å². The smallest absolute Gasteiger partial charge is 0.311 e. The van der Waals surface area contributed by atoms with Gasteiger partial charge in [0.1, 0.15) is 12.8 Å². The van der Waals surface area contributed by atoms with Crippen molar-refractivity contribution in [2.24, 2.45) is 0 Å². The maximum absolute atomic E-state index is 10.5. The Bertz CT molecular complexity index is 406. The van der Waals surface area contributed by atoms with Gasteiger partial charge in [0.25, 0.3) is 0 Å². The van der Waals surface area contributed by atoms with E-state index in [9.17, 15) is 9.59 Å². The summed E-state index contributed by atoms with van der Waals surface area (Å²) in [5.41, 5.74) is 0. The minimum Gasteiger partial charge on any atom is -0.481 e. The number of fused-ring (bicyclic) bond motifs is 1. The molecule has 0 bridgehead atoms. The number of carbonyl (C=O) groups is 2. The van der Waals surface area contributed by atoms with Gasteiger partial charge in [-0.3, -0.25) is 9.59 Å². The van der Waals surface area contributed by atoms with Crippen LogP contribution in [-0.2, 0) is 22.4 Å². The lowest BCUT2D eigenvalue weighted by molar-refractivity contribution is -0.137. The Labute approximate surface area is 89.2 Å². The third-order valence-corrected chi connectivity index (χ3v) is 1.99. The molecule has 1 aromatic heterocycles. The Morgan fingerprint density at radius 3 is 1.81 bits per heavy atom. The molecule has 86 valence electrons. The first-order valence-electron chi connectivity index (χ1n) is 4.41. The Morgan fingerprint density at radius 1 is 1.00 bits per heavy atom. The molecule has 2 N–H and O–H groups in total. The Morgan fingerprint density at radius 2 is 1.44 bits per heavy atom. The number of ether oxygens (including phenoxy) is 2. The predicted octanol–water partition coefficient (Wildman–Crippen LogP) is 0.262. The number of carboxylic acid groups (broad SMARTS) is 2. The minimum absolute atomic E-state index is 0.0553. The zero-order valence-electron chi connectivity index (χ0n) is 8.06. The number of aliphatic carboxylic acids is 2. The highest BCUT2D eigenvalue weighted by atomic mass is 16.7. The molecule has 0 fully saturated rings. The van der Waals surface area contributed by atoms with Crippen LogP contribution in [-0.4, -0.2) is 28.9 Å². The Kier molecular flexibility index (Phi) is 2.43. The molecule has 0 saturated carbocycles. The fourth-order valence-electron chi connectivity index (χ4n) is 1.44. The van der Waals surface area contributed by atoms with Crippen LogP contribution >= 0.6 is 0 Å². The summed E-state index contributed by atoms with van der Waals surface area (Å²) >= 11 is 0. The molecular weight excluding hydrogens is 220 g/mol. The molecule has 0 aromatic carbocycles. The summed E-state index contributed by atoms with van der Waals surface area (Å²) in [5, 5.41) is 17.2. The molecule has 0 unspecified atom stereocenters. The van der Waals surface area contributed by atoms with Crippen LogP contribution in [0, 0.1) is 0 Å². The van der Waals surface area contributed by atoms with Crippen molar-refractivity contribution in [3.63, 3.8) is 0 Å². The van der Waals surface area contributed by atoms with Crippen LogP contribution in [0.15, 0.2) is 4.42 Å². The molecule has 2 heterocycles. The Hall–Kier alpha value is -2.18. The van der Waals surface area contributed by atoms with Crippen molar-refractivity contribution >= 4 is 11.9 Å². The zero-order valence-corrected chi connectivity index (χ0v) is 8.06. The van der Waals surface area contributed by atoms with Gasteiger partial charge in [-0.15, -0.1) is 0 Å². The second-order valence-corrected chi connectivity index (χ2v) is 3.15. The van der Waals surface area contributed by atoms with E-state index in [0.717, 1.165) is 0 Å². The SMILES string of the molecule is O=C(O)Cc1oc(CC(=O)O)c2c1OCO2. The number of hydrogen-bond acceptors (Lipinski definition) is 5. The molecule has 0 saturated heterocycles. The monoisotopic (exact) mass is 228 g/mol. The van der Waals surface area contributed by atoms with Gasteiger partial charge in [0.2, 0.25) is 18.3 Å². The van der Waals surface area contributed by atoms with E-state index in [1.54, 1.807) is 0 Å². The van der Waals surface area contributed by atoms with E-state index in [-0.39, 0.29) is 42.7 Å². The van der Waals surface area contributed by atoms with Crippen LogP contribution in [0.1, 0.15) is 11.5 Å². The average Bonchev–Trinajstić information content (AvgIpc) is 2.70. The van der Waals surface area contributed by atoms with E-state index in [0.29, 0.717) is 0 Å². The average molecular weight is 228 g/mol. The van der Waals surface area contributed by atoms with Gasteiger partial charge >= 0.3 is 11.9 Å². The molecule has 16 heavy (non-hydrogen) atoms. The molecule has 7 nitrogen and oxygen atoms in total. The third kappa shape index (κ3) is 1.79. The summed E-state index contributed by atoms with van der Waals surface area (Å²) in [6.07, 6.45) is -0.739. The van der Waals surface area contributed by atoms with Gasteiger partial charge in [-0.25, -0.2) is 0 Å². The summed E-state index contributed by atoms with van der Waals surface area (Å²) in [5.74, 6) is -1.63. The van der Waals surface area contributed by atoms with Crippen molar-refractivity contribution in [1.82, 2.24) is 0 Å². The molecule has 1 aromatic rings. The zero-order chi connectivity index (χ0) is 11.7. The van der Waals surface area contributed by atoms with E-state index in [1.165, 1.54) is 0 Å². The molecule has 0 spiro atoms. The van der Waals surface area contributed by atoms with Crippen molar-refractivity contribution in [1.29, 1.82) is 0 Å². The van der Waals surface area contributed by atoms with Crippen molar-refractivity contribution in [2.75, 3.05) is 6.79 Å². The minimum atomic E-state index is -1.09. The standard InChI is InChI=1S/C9H8O7/c10-6(11)1-4-8-9(15-3-14-8)5(16-4)2-7(12)13/h1-3H2,(H,10,11)(H,12,13). The molecule has 0 atom stereocenters.